The first-order chi connectivity index (χ1) is 44.7. The van der Waals surface area contributed by atoms with Gasteiger partial charge in [-0.25, -0.2) is 9.13 Å². The molecule has 17 nitrogen and oxygen atoms in total. The lowest BCUT2D eigenvalue weighted by molar-refractivity contribution is -0.161. The van der Waals surface area contributed by atoms with Gasteiger partial charge in [-0.3, -0.25) is 37.3 Å². The van der Waals surface area contributed by atoms with Gasteiger partial charge in [-0.1, -0.05) is 280 Å². The van der Waals surface area contributed by atoms with Crippen LogP contribution >= 0.6 is 15.6 Å². The minimum atomic E-state index is -4.98. The third-order valence-electron chi connectivity index (χ3n) is 15.2. The predicted molar refractivity (Wildman–Crippen MR) is 372 cm³/mol. The zero-order valence-corrected chi connectivity index (χ0v) is 59.8. The predicted octanol–water partition coefficient (Wildman–Crippen LogP) is 20.1. The van der Waals surface area contributed by atoms with E-state index in [0.29, 0.717) is 25.7 Å². The van der Waals surface area contributed by atoms with Gasteiger partial charge >= 0.3 is 39.5 Å². The molecule has 0 fully saturated rings. The first-order valence-corrected chi connectivity index (χ1v) is 39.2. The van der Waals surface area contributed by atoms with Crippen LogP contribution in [-0.2, 0) is 65.4 Å². The first kappa shape index (κ1) is 88.5. The highest BCUT2D eigenvalue weighted by Gasteiger charge is 2.30. The summed E-state index contributed by atoms with van der Waals surface area (Å²) in [5.41, 5.74) is 0. The molecular weight excluding hydrogens is 1210 g/mol. The lowest BCUT2D eigenvalue weighted by Crippen LogP contribution is -2.30. The number of esters is 4. The number of phosphoric acid groups is 2. The van der Waals surface area contributed by atoms with E-state index in [9.17, 15) is 43.2 Å². The molecule has 0 saturated carbocycles. The number of allylic oxidation sites excluding steroid dienone is 11. The molecule has 0 spiro atoms. The van der Waals surface area contributed by atoms with Crippen molar-refractivity contribution in [3.63, 3.8) is 0 Å². The van der Waals surface area contributed by atoms with Crippen LogP contribution in [0.2, 0.25) is 0 Å². The second-order valence-corrected chi connectivity index (χ2v) is 27.1. The number of ether oxygens (including phenoxy) is 4. The molecule has 5 atom stereocenters. The number of carbonyl (C=O) groups excluding carboxylic acids is 4. The molecule has 0 aliphatic carbocycles. The molecule has 19 heteroatoms. The van der Waals surface area contributed by atoms with E-state index < -0.39 is 97.5 Å². The summed E-state index contributed by atoms with van der Waals surface area (Å²) in [6.07, 6.45) is 63.7. The monoisotopic (exact) mass is 1340 g/mol. The normalized spacial score (nSPS) is 14.5. The molecule has 0 aromatic rings. The van der Waals surface area contributed by atoms with E-state index in [1.54, 1.807) is 6.08 Å². The van der Waals surface area contributed by atoms with E-state index >= 15 is 0 Å². The van der Waals surface area contributed by atoms with Gasteiger partial charge in [0.05, 0.1) is 32.8 Å². The first-order valence-electron chi connectivity index (χ1n) is 36.2. The van der Waals surface area contributed by atoms with E-state index in [0.717, 1.165) is 109 Å². The highest BCUT2D eigenvalue weighted by molar-refractivity contribution is 7.47. The smallest absolute Gasteiger partial charge is 0.462 e. The van der Waals surface area contributed by atoms with E-state index in [1.165, 1.54) is 122 Å². The van der Waals surface area contributed by atoms with Crippen molar-refractivity contribution in [2.24, 2.45) is 0 Å². The van der Waals surface area contributed by atoms with E-state index in [4.69, 9.17) is 37.0 Å². The lowest BCUT2D eigenvalue weighted by Gasteiger charge is -2.21. The highest BCUT2D eigenvalue weighted by atomic mass is 31.2. The third kappa shape index (κ3) is 65.2. The van der Waals surface area contributed by atoms with Gasteiger partial charge in [0, 0.05) is 19.3 Å². The second kappa shape index (κ2) is 66.1. The molecule has 0 rings (SSSR count). The minimum Gasteiger partial charge on any atom is -0.462 e. The van der Waals surface area contributed by atoms with Crippen molar-refractivity contribution in [3.8, 4) is 0 Å². The molecule has 92 heavy (non-hydrogen) atoms. The Morgan fingerprint density at radius 2 is 0.609 bits per heavy atom. The molecular formula is C73H130O17P2. The van der Waals surface area contributed by atoms with Crippen LogP contribution in [0.25, 0.3) is 0 Å². The molecule has 0 amide bonds. The van der Waals surface area contributed by atoms with Gasteiger partial charge in [-0.15, -0.1) is 0 Å². The number of carbonyl (C=O) groups is 4. The fraction of sp³-hybridized carbons (Fsp3) is 0.781. The van der Waals surface area contributed by atoms with Crippen molar-refractivity contribution in [1.29, 1.82) is 0 Å². The Hall–Kier alpha value is -3.50. The lowest BCUT2D eigenvalue weighted by atomic mass is 10.0. The molecule has 0 aliphatic rings. The highest BCUT2D eigenvalue weighted by Crippen LogP contribution is 2.45. The fourth-order valence-electron chi connectivity index (χ4n) is 9.70. The quantitative estimate of drug-likeness (QED) is 0.0169. The largest absolute Gasteiger partial charge is 0.472 e. The summed E-state index contributed by atoms with van der Waals surface area (Å²) in [7, 11) is -9.95. The van der Waals surface area contributed by atoms with Gasteiger partial charge < -0.3 is 33.8 Å². The molecule has 3 N–H and O–H groups in total. The van der Waals surface area contributed by atoms with Crippen LogP contribution in [0.1, 0.15) is 310 Å². The molecule has 0 aliphatic heterocycles. The van der Waals surface area contributed by atoms with Crippen molar-refractivity contribution in [2.75, 3.05) is 39.6 Å². The molecule has 534 valence electrons. The summed E-state index contributed by atoms with van der Waals surface area (Å²) in [6.45, 7) is 4.63. The van der Waals surface area contributed by atoms with Crippen LogP contribution in [0.3, 0.4) is 0 Å². The summed E-state index contributed by atoms with van der Waals surface area (Å²) in [5, 5.41) is 10.6. The van der Waals surface area contributed by atoms with Crippen LogP contribution in [0.15, 0.2) is 72.9 Å². The van der Waals surface area contributed by atoms with Crippen LogP contribution in [-0.4, -0.2) is 96.7 Å². The minimum absolute atomic E-state index is 0.0678. The number of hydrogen-bond acceptors (Lipinski definition) is 15. The number of rotatable bonds is 68. The van der Waals surface area contributed by atoms with Crippen molar-refractivity contribution in [1.82, 2.24) is 0 Å². The third-order valence-corrected chi connectivity index (χ3v) is 17.1. The Morgan fingerprint density at radius 3 is 0.967 bits per heavy atom. The summed E-state index contributed by atoms with van der Waals surface area (Å²) in [6, 6.07) is 0. The molecule has 0 aromatic heterocycles. The zero-order chi connectivity index (χ0) is 67.5. The van der Waals surface area contributed by atoms with Crippen molar-refractivity contribution in [2.45, 2.75) is 329 Å². The molecule has 0 heterocycles. The SMILES string of the molecule is CC/C=C\C/C=C\C/C=C\C/C=C\C/C=C\CC(=O)OCC(COP(=O)(O)OCC(O)COP(=O)(O)OCC(COC(=O)CCCCCCCCCCCCCCC)OC(=O)CCCCCCCCCCCCC)OC(=O)CCCCCCC/C=C\CCCCCC. The van der Waals surface area contributed by atoms with Gasteiger partial charge in [-0.2, -0.15) is 0 Å². The van der Waals surface area contributed by atoms with Crippen LogP contribution < -0.4 is 0 Å². The Balaban J connectivity index is 5.37. The molecule has 0 saturated heterocycles. The van der Waals surface area contributed by atoms with Gasteiger partial charge in [-0.05, 0) is 77.0 Å². The van der Waals surface area contributed by atoms with Crippen LogP contribution in [0.4, 0.5) is 0 Å². The van der Waals surface area contributed by atoms with Crippen LogP contribution in [0, 0.1) is 0 Å². The Bertz CT molecular complexity index is 2040. The zero-order valence-electron chi connectivity index (χ0n) is 58.0. The van der Waals surface area contributed by atoms with E-state index in [1.807, 2.05) is 18.2 Å². The van der Waals surface area contributed by atoms with Crippen molar-refractivity contribution < 1.29 is 80.2 Å². The molecule has 0 radical (unpaired) electrons. The number of unbranched alkanes of at least 4 members (excludes halogenated alkanes) is 31. The topological polar surface area (TPSA) is 237 Å². The van der Waals surface area contributed by atoms with Crippen molar-refractivity contribution in [3.05, 3.63) is 72.9 Å². The maximum atomic E-state index is 13.0. The summed E-state index contributed by atoms with van der Waals surface area (Å²) >= 11 is 0. The maximum Gasteiger partial charge on any atom is 0.472 e. The van der Waals surface area contributed by atoms with Gasteiger partial charge in [0.25, 0.3) is 0 Å². The standard InChI is InChI=1S/C73H130O17P2/c1-5-9-13-17-21-25-29-32-33-36-39-42-46-50-54-58-71(76)84-64-69(90-73(78)60-56-52-48-44-40-35-31-27-23-19-15-11-7-3)66-88-92(81,82)86-62-67(74)61-85-91(79,80)87-65-68(89-72(77)59-55-51-47-43-37-28-24-20-16-12-8-4)63-83-70(75)57-53-49-45-41-38-34-30-26-22-18-14-10-6-2/h9,13,21,25,27,31-33,39,42,50,54,67-69,74H,5-8,10-12,14-20,22-24,26,28-30,34-38,40-41,43-49,51-53,55-66H2,1-4H3,(H,79,80)(H,81,82)/b13-9-,25-21-,31-27-,33-32-,42-39-,54-50-. The number of hydrogen-bond donors (Lipinski definition) is 3. The average Bonchev–Trinajstić information content (AvgIpc) is 2.73. The van der Waals surface area contributed by atoms with E-state index in [-0.39, 0.29) is 25.7 Å². The number of aliphatic hydroxyl groups excluding tert-OH is 1. The van der Waals surface area contributed by atoms with Gasteiger partial charge in [0.2, 0.25) is 0 Å². The molecule has 0 bridgehead atoms. The van der Waals surface area contributed by atoms with Gasteiger partial charge in [0.1, 0.15) is 19.3 Å². The Morgan fingerprint density at radius 1 is 0.326 bits per heavy atom. The summed E-state index contributed by atoms with van der Waals surface area (Å²) in [5.74, 6) is -2.31. The molecule has 0 aromatic carbocycles. The average molecular weight is 1340 g/mol. The maximum absolute atomic E-state index is 13.0. The molecule has 5 unspecified atom stereocenters. The van der Waals surface area contributed by atoms with Crippen LogP contribution in [0.5, 0.6) is 0 Å². The Kier molecular flexibility index (Phi) is 63.6. The Labute approximate surface area is 558 Å². The number of phosphoric ester groups is 2. The van der Waals surface area contributed by atoms with Crippen molar-refractivity contribution >= 4 is 39.5 Å². The second-order valence-electron chi connectivity index (χ2n) is 24.2. The fourth-order valence-corrected chi connectivity index (χ4v) is 11.3. The summed E-state index contributed by atoms with van der Waals surface area (Å²) < 4.78 is 68.1. The summed E-state index contributed by atoms with van der Waals surface area (Å²) in [4.78, 5) is 72.5. The van der Waals surface area contributed by atoms with Gasteiger partial charge in [0.15, 0.2) is 12.2 Å². The van der Waals surface area contributed by atoms with E-state index in [2.05, 4.69) is 76.3 Å². The number of aliphatic hydroxyl groups is 1.